The van der Waals surface area contributed by atoms with Gasteiger partial charge in [0.25, 0.3) is 0 Å². The second-order valence-corrected chi connectivity index (χ2v) is 5.31. The fourth-order valence-electron chi connectivity index (χ4n) is 2.39. The summed E-state index contributed by atoms with van der Waals surface area (Å²) in [4.78, 5) is 4.35. The van der Waals surface area contributed by atoms with Crippen molar-refractivity contribution >= 4 is 5.69 Å². The van der Waals surface area contributed by atoms with E-state index >= 15 is 0 Å². The molecule has 1 aromatic heterocycles. The van der Waals surface area contributed by atoms with Gasteiger partial charge in [0, 0.05) is 11.7 Å². The van der Waals surface area contributed by atoms with Crippen molar-refractivity contribution in [3.63, 3.8) is 0 Å². The molecule has 3 heteroatoms. The van der Waals surface area contributed by atoms with Crippen molar-refractivity contribution in [2.24, 2.45) is 5.92 Å². The number of aryl methyl sites for hydroxylation is 2. The molecule has 0 spiro atoms. The normalized spacial score (nSPS) is 16.1. The van der Waals surface area contributed by atoms with Crippen LogP contribution in [0.3, 0.4) is 0 Å². The van der Waals surface area contributed by atoms with E-state index in [1.165, 1.54) is 19.3 Å². The number of hydrogen-bond acceptors (Lipinski definition) is 3. The number of nitrogens with one attached hydrogen (secondary N) is 1. The van der Waals surface area contributed by atoms with Crippen molar-refractivity contribution in [1.82, 2.24) is 4.98 Å². The second-order valence-electron chi connectivity index (χ2n) is 5.31. The molecule has 1 aliphatic rings. The maximum absolute atomic E-state index is 9.24. The first kappa shape index (κ1) is 12.9. The van der Waals surface area contributed by atoms with Crippen molar-refractivity contribution in [2.45, 2.75) is 52.5 Å². The number of hydrogen-bond donors (Lipinski definition) is 1. The molecule has 1 fully saturated rings. The molecule has 96 valence electrons. The van der Waals surface area contributed by atoms with Crippen LogP contribution in [-0.4, -0.2) is 11.0 Å². The number of nitrogens with zero attached hydrogens (tertiary/aromatic N) is 2. The van der Waals surface area contributed by atoms with Gasteiger partial charge in [-0.2, -0.15) is 5.26 Å². The van der Waals surface area contributed by atoms with E-state index in [1.807, 2.05) is 19.9 Å². The summed E-state index contributed by atoms with van der Waals surface area (Å²) in [5, 5.41) is 12.8. The van der Waals surface area contributed by atoms with Gasteiger partial charge in [0.05, 0.1) is 16.9 Å². The Hall–Kier alpha value is -1.56. The molecule has 2 rings (SSSR count). The van der Waals surface area contributed by atoms with Crippen molar-refractivity contribution < 1.29 is 0 Å². The molecule has 1 unspecified atom stereocenters. The van der Waals surface area contributed by atoms with E-state index in [2.05, 4.69) is 23.3 Å². The average Bonchev–Trinajstić information content (AvgIpc) is 3.11. The Morgan fingerprint density at radius 3 is 2.78 bits per heavy atom. The Labute approximate surface area is 109 Å². The van der Waals surface area contributed by atoms with Gasteiger partial charge in [-0.1, -0.05) is 19.8 Å². The minimum absolute atomic E-state index is 0.478. The smallest absolute Gasteiger partial charge is 0.103 e. The number of nitriles is 1. The zero-order valence-corrected chi connectivity index (χ0v) is 11.5. The summed E-state index contributed by atoms with van der Waals surface area (Å²) in [7, 11) is 0. The van der Waals surface area contributed by atoms with Gasteiger partial charge >= 0.3 is 0 Å². The monoisotopic (exact) mass is 243 g/mol. The summed E-state index contributed by atoms with van der Waals surface area (Å²) >= 11 is 0. The van der Waals surface area contributed by atoms with Gasteiger partial charge in [-0.05, 0) is 38.7 Å². The Morgan fingerprint density at radius 2 is 2.22 bits per heavy atom. The summed E-state index contributed by atoms with van der Waals surface area (Å²) in [5.74, 6) is 0.900. The SMILES string of the molecule is CCC(CC1CC1)Nc1cc(C)nc(C)c1C#N. The highest BCUT2D eigenvalue weighted by Gasteiger charge is 2.25. The lowest BCUT2D eigenvalue weighted by Crippen LogP contribution is -2.20. The minimum atomic E-state index is 0.478. The molecule has 1 saturated carbocycles. The fraction of sp³-hybridized carbons (Fsp3) is 0.600. The summed E-state index contributed by atoms with van der Waals surface area (Å²) in [5.41, 5.74) is 3.43. The van der Waals surface area contributed by atoms with Crippen LogP contribution in [0.4, 0.5) is 5.69 Å². The van der Waals surface area contributed by atoms with Crippen LogP contribution in [0.5, 0.6) is 0 Å². The molecular formula is C15H21N3. The predicted octanol–water partition coefficient (Wildman–Crippen LogP) is 3.56. The number of pyridine rings is 1. The molecule has 18 heavy (non-hydrogen) atoms. The lowest BCUT2D eigenvalue weighted by atomic mass is 10.1. The van der Waals surface area contributed by atoms with E-state index in [4.69, 9.17) is 0 Å². The van der Waals surface area contributed by atoms with Crippen LogP contribution in [0.15, 0.2) is 6.07 Å². The molecule has 0 bridgehead atoms. The first-order valence-electron chi connectivity index (χ1n) is 6.79. The van der Waals surface area contributed by atoms with Crippen LogP contribution in [-0.2, 0) is 0 Å². The van der Waals surface area contributed by atoms with E-state index < -0.39 is 0 Å². The third-order valence-corrected chi connectivity index (χ3v) is 3.61. The molecule has 1 N–H and O–H groups in total. The quantitative estimate of drug-likeness (QED) is 0.860. The standard InChI is InChI=1S/C15H21N3/c1-4-13(8-12-5-6-12)18-15-7-10(2)17-11(3)14(15)9-16/h7,12-13H,4-6,8H2,1-3H3,(H,17,18). The molecule has 1 aromatic rings. The minimum Gasteiger partial charge on any atom is -0.381 e. The zero-order chi connectivity index (χ0) is 13.1. The first-order chi connectivity index (χ1) is 8.63. The first-order valence-corrected chi connectivity index (χ1v) is 6.79. The van der Waals surface area contributed by atoms with Crippen LogP contribution in [0.2, 0.25) is 0 Å². The maximum atomic E-state index is 9.24. The molecule has 3 nitrogen and oxygen atoms in total. The average molecular weight is 243 g/mol. The van der Waals surface area contributed by atoms with Crippen LogP contribution in [0, 0.1) is 31.1 Å². The van der Waals surface area contributed by atoms with Gasteiger partial charge in [-0.25, -0.2) is 0 Å². The van der Waals surface area contributed by atoms with E-state index in [0.29, 0.717) is 11.6 Å². The van der Waals surface area contributed by atoms with Crippen molar-refractivity contribution in [3.05, 3.63) is 23.0 Å². The highest BCUT2D eigenvalue weighted by atomic mass is 14.9. The predicted molar refractivity (Wildman–Crippen MR) is 73.5 cm³/mol. The molecule has 0 amide bonds. The number of aromatic nitrogens is 1. The Morgan fingerprint density at radius 1 is 1.50 bits per heavy atom. The van der Waals surface area contributed by atoms with Crippen LogP contribution in [0.1, 0.15) is 49.6 Å². The fourth-order valence-corrected chi connectivity index (χ4v) is 2.39. The van der Waals surface area contributed by atoms with Crippen LogP contribution >= 0.6 is 0 Å². The Kier molecular flexibility index (Phi) is 3.86. The second kappa shape index (κ2) is 5.39. The zero-order valence-electron chi connectivity index (χ0n) is 11.5. The molecular weight excluding hydrogens is 222 g/mol. The van der Waals surface area contributed by atoms with E-state index in [1.54, 1.807) is 0 Å². The molecule has 0 radical (unpaired) electrons. The van der Waals surface area contributed by atoms with E-state index in [0.717, 1.165) is 29.4 Å². The van der Waals surface area contributed by atoms with Gasteiger partial charge < -0.3 is 5.32 Å². The lowest BCUT2D eigenvalue weighted by Gasteiger charge is -2.19. The highest BCUT2D eigenvalue weighted by molar-refractivity contribution is 5.60. The third kappa shape index (κ3) is 3.01. The Balaban J connectivity index is 2.18. The van der Waals surface area contributed by atoms with Crippen LogP contribution < -0.4 is 5.32 Å². The van der Waals surface area contributed by atoms with Crippen molar-refractivity contribution in [1.29, 1.82) is 5.26 Å². The van der Waals surface area contributed by atoms with Gasteiger partial charge in [0.1, 0.15) is 6.07 Å². The lowest BCUT2D eigenvalue weighted by molar-refractivity contribution is 0.586. The van der Waals surface area contributed by atoms with Crippen LogP contribution in [0.25, 0.3) is 0 Å². The molecule has 0 saturated heterocycles. The molecule has 0 aliphatic heterocycles. The third-order valence-electron chi connectivity index (χ3n) is 3.61. The maximum Gasteiger partial charge on any atom is 0.103 e. The van der Waals surface area contributed by atoms with Crippen molar-refractivity contribution in [2.75, 3.05) is 5.32 Å². The van der Waals surface area contributed by atoms with Gasteiger partial charge in [0.2, 0.25) is 0 Å². The number of anilines is 1. The highest BCUT2D eigenvalue weighted by Crippen LogP contribution is 2.35. The number of rotatable bonds is 5. The van der Waals surface area contributed by atoms with Gasteiger partial charge in [-0.3, -0.25) is 4.98 Å². The largest absolute Gasteiger partial charge is 0.381 e. The summed E-state index contributed by atoms with van der Waals surface area (Å²) in [6.07, 6.45) is 5.07. The van der Waals surface area contributed by atoms with E-state index in [-0.39, 0.29) is 0 Å². The van der Waals surface area contributed by atoms with Crippen molar-refractivity contribution in [3.8, 4) is 6.07 Å². The van der Waals surface area contributed by atoms with Gasteiger partial charge in [-0.15, -0.1) is 0 Å². The Bertz CT molecular complexity index is 469. The van der Waals surface area contributed by atoms with E-state index in [9.17, 15) is 5.26 Å². The summed E-state index contributed by atoms with van der Waals surface area (Å²) in [6, 6.07) is 4.73. The molecule has 1 aliphatic carbocycles. The molecule has 1 atom stereocenters. The molecule has 0 aromatic carbocycles. The topological polar surface area (TPSA) is 48.7 Å². The molecule has 1 heterocycles. The summed E-state index contributed by atoms with van der Waals surface area (Å²) in [6.45, 7) is 6.08. The van der Waals surface area contributed by atoms with Gasteiger partial charge in [0.15, 0.2) is 0 Å². The summed E-state index contributed by atoms with van der Waals surface area (Å²) < 4.78 is 0.